The number of nitrogens with one attached hydrogen (secondary N) is 1. The molecule has 0 bridgehead atoms. The molecule has 1 aromatic carbocycles. The molecule has 0 saturated heterocycles. The van der Waals surface area contributed by atoms with Crippen LogP contribution in [0, 0.1) is 11.3 Å². The summed E-state index contributed by atoms with van der Waals surface area (Å²) in [6.45, 7) is 3.80. The number of fused-ring (bicyclic) bond motifs is 2. The molecule has 0 atom stereocenters. The van der Waals surface area contributed by atoms with E-state index in [1.165, 1.54) is 17.4 Å². The molecule has 29 heavy (non-hydrogen) atoms. The molecule has 1 amide bonds. The van der Waals surface area contributed by atoms with Crippen LogP contribution in [0.2, 0.25) is 0 Å². The number of thiophene rings is 1. The summed E-state index contributed by atoms with van der Waals surface area (Å²) in [5.41, 5.74) is 1.47. The second-order valence-corrected chi connectivity index (χ2v) is 8.39. The molecule has 6 nitrogen and oxygen atoms in total. The number of amides is 1. The van der Waals surface area contributed by atoms with Gasteiger partial charge in [0.25, 0.3) is 5.91 Å². The SMILES string of the molecule is CC(C)Oc1ccc2c(C(=O)Nc3sc4c(c3C#N)CCCC4)cc(=O)oc2c1. The van der Waals surface area contributed by atoms with E-state index in [2.05, 4.69) is 11.4 Å². The smallest absolute Gasteiger partial charge is 0.337 e. The predicted molar refractivity (Wildman–Crippen MR) is 112 cm³/mol. The van der Waals surface area contributed by atoms with Crippen molar-refractivity contribution in [3.63, 3.8) is 0 Å². The van der Waals surface area contributed by atoms with Gasteiger partial charge < -0.3 is 14.5 Å². The van der Waals surface area contributed by atoms with Crippen LogP contribution in [-0.2, 0) is 12.8 Å². The number of carbonyl (C=O) groups is 1. The van der Waals surface area contributed by atoms with Gasteiger partial charge in [-0.1, -0.05) is 0 Å². The van der Waals surface area contributed by atoms with Crippen LogP contribution in [0.4, 0.5) is 5.00 Å². The maximum atomic E-state index is 13.0. The highest BCUT2D eigenvalue weighted by Crippen LogP contribution is 2.38. The first-order chi connectivity index (χ1) is 14.0. The van der Waals surface area contributed by atoms with E-state index in [0.29, 0.717) is 21.7 Å². The highest BCUT2D eigenvalue weighted by molar-refractivity contribution is 7.16. The van der Waals surface area contributed by atoms with Gasteiger partial charge in [0.2, 0.25) is 0 Å². The highest BCUT2D eigenvalue weighted by atomic mass is 32.1. The number of hydrogen-bond donors (Lipinski definition) is 1. The number of benzene rings is 1. The molecule has 4 rings (SSSR count). The summed E-state index contributed by atoms with van der Waals surface area (Å²) in [6.07, 6.45) is 3.91. The molecule has 1 N–H and O–H groups in total. The van der Waals surface area contributed by atoms with Crippen molar-refractivity contribution >= 4 is 33.2 Å². The molecule has 0 radical (unpaired) electrons. The first-order valence-electron chi connectivity index (χ1n) is 9.57. The molecule has 0 aliphatic heterocycles. The molecule has 1 aliphatic carbocycles. The third kappa shape index (κ3) is 3.76. The molecule has 2 heterocycles. The van der Waals surface area contributed by atoms with Crippen LogP contribution >= 0.6 is 11.3 Å². The van der Waals surface area contributed by atoms with Gasteiger partial charge in [-0.25, -0.2) is 4.79 Å². The Hall–Kier alpha value is -3.11. The van der Waals surface area contributed by atoms with Crippen molar-refractivity contribution in [1.82, 2.24) is 0 Å². The number of nitrogens with zero attached hydrogens (tertiary/aromatic N) is 1. The maximum Gasteiger partial charge on any atom is 0.337 e. The fraction of sp³-hybridized carbons (Fsp3) is 0.318. The summed E-state index contributed by atoms with van der Waals surface area (Å²) < 4.78 is 10.9. The van der Waals surface area contributed by atoms with Gasteiger partial charge in [-0.05, 0) is 57.2 Å². The maximum absolute atomic E-state index is 13.0. The zero-order valence-electron chi connectivity index (χ0n) is 16.2. The summed E-state index contributed by atoms with van der Waals surface area (Å²) >= 11 is 1.45. The van der Waals surface area contributed by atoms with Gasteiger partial charge in [0.05, 0.1) is 17.2 Å². The average Bonchev–Trinajstić information content (AvgIpc) is 3.03. The molecular weight excluding hydrogens is 388 g/mol. The van der Waals surface area contributed by atoms with Crippen molar-refractivity contribution < 1.29 is 13.9 Å². The van der Waals surface area contributed by atoms with Gasteiger partial charge in [0, 0.05) is 22.4 Å². The Kier molecular flexibility index (Phi) is 5.12. The number of anilines is 1. The van der Waals surface area contributed by atoms with Crippen LogP contribution in [0.15, 0.2) is 33.5 Å². The number of rotatable bonds is 4. The zero-order chi connectivity index (χ0) is 20.5. The van der Waals surface area contributed by atoms with E-state index in [-0.39, 0.29) is 17.3 Å². The summed E-state index contributed by atoms with van der Waals surface area (Å²) in [6, 6.07) is 8.47. The van der Waals surface area contributed by atoms with E-state index in [1.54, 1.807) is 18.2 Å². The second-order valence-electron chi connectivity index (χ2n) is 7.28. The van der Waals surface area contributed by atoms with E-state index in [1.807, 2.05) is 13.8 Å². The van der Waals surface area contributed by atoms with Gasteiger partial charge in [-0.3, -0.25) is 4.79 Å². The third-order valence-corrected chi connectivity index (χ3v) is 6.05. The summed E-state index contributed by atoms with van der Waals surface area (Å²) in [7, 11) is 0. The number of carbonyl (C=O) groups excluding carboxylic acids is 1. The Morgan fingerprint density at radius 2 is 2.07 bits per heavy atom. The molecule has 2 aromatic heterocycles. The van der Waals surface area contributed by atoms with Crippen LogP contribution < -0.4 is 15.7 Å². The molecule has 3 aromatic rings. The van der Waals surface area contributed by atoms with Gasteiger partial charge in [-0.2, -0.15) is 5.26 Å². The third-order valence-electron chi connectivity index (χ3n) is 4.84. The fourth-order valence-corrected chi connectivity index (χ4v) is 4.85. The number of hydrogen-bond acceptors (Lipinski definition) is 6. The lowest BCUT2D eigenvalue weighted by Crippen LogP contribution is -2.15. The first kappa shape index (κ1) is 19.2. The van der Waals surface area contributed by atoms with Crippen molar-refractivity contribution in [1.29, 1.82) is 5.26 Å². The molecule has 0 fully saturated rings. The Morgan fingerprint density at radius 1 is 1.28 bits per heavy atom. The predicted octanol–water partition coefficient (Wildman–Crippen LogP) is 4.64. The standard InChI is InChI=1S/C22H20N2O4S/c1-12(2)27-13-7-8-14-16(10-20(25)28-18(14)9-13)21(26)24-22-17(11-23)15-5-3-4-6-19(15)29-22/h7-10,12H,3-6H2,1-2H3,(H,24,26). The van der Waals surface area contributed by atoms with Crippen molar-refractivity contribution in [2.75, 3.05) is 5.32 Å². The topological polar surface area (TPSA) is 92.3 Å². The molecule has 0 saturated carbocycles. The zero-order valence-corrected chi connectivity index (χ0v) is 17.0. The Morgan fingerprint density at radius 3 is 2.83 bits per heavy atom. The minimum Gasteiger partial charge on any atom is -0.491 e. The number of nitriles is 1. The van der Waals surface area contributed by atoms with Crippen molar-refractivity contribution in [2.45, 2.75) is 45.6 Å². The second kappa shape index (κ2) is 7.72. The number of aryl methyl sites for hydroxylation is 1. The lowest BCUT2D eigenvalue weighted by Gasteiger charge is -2.11. The van der Waals surface area contributed by atoms with Gasteiger partial charge in [0.15, 0.2) is 0 Å². The lowest BCUT2D eigenvalue weighted by atomic mass is 9.96. The van der Waals surface area contributed by atoms with Crippen LogP contribution in [-0.4, -0.2) is 12.0 Å². The minimum absolute atomic E-state index is 0.0279. The quantitative estimate of drug-likeness (QED) is 0.635. The minimum atomic E-state index is -0.615. The Labute approximate surface area is 171 Å². The normalized spacial score (nSPS) is 13.2. The molecule has 1 aliphatic rings. The largest absolute Gasteiger partial charge is 0.491 e. The summed E-state index contributed by atoms with van der Waals surface area (Å²) in [4.78, 5) is 26.2. The Balaban J connectivity index is 1.72. The van der Waals surface area contributed by atoms with E-state index >= 15 is 0 Å². The van der Waals surface area contributed by atoms with Crippen molar-refractivity contribution in [3.05, 3.63) is 56.3 Å². The van der Waals surface area contributed by atoms with Gasteiger partial charge in [-0.15, -0.1) is 11.3 Å². The molecule has 148 valence electrons. The summed E-state index contributed by atoms with van der Waals surface area (Å²) in [5, 5.41) is 13.5. The average molecular weight is 408 g/mol. The monoisotopic (exact) mass is 408 g/mol. The first-order valence-corrected chi connectivity index (χ1v) is 10.4. The molecule has 7 heteroatoms. The van der Waals surface area contributed by atoms with Crippen LogP contribution in [0.25, 0.3) is 11.0 Å². The van der Waals surface area contributed by atoms with E-state index < -0.39 is 11.5 Å². The summed E-state index contributed by atoms with van der Waals surface area (Å²) in [5.74, 6) is 0.126. The lowest BCUT2D eigenvalue weighted by molar-refractivity contribution is 0.102. The fourth-order valence-electron chi connectivity index (χ4n) is 3.62. The van der Waals surface area contributed by atoms with Gasteiger partial charge in [0.1, 0.15) is 22.4 Å². The highest BCUT2D eigenvalue weighted by Gasteiger charge is 2.23. The van der Waals surface area contributed by atoms with E-state index in [9.17, 15) is 14.9 Å². The molecule has 0 spiro atoms. The molecular formula is C22H20N2O4S. The van der Waals surface area contributed by atoms with Crippen LogP contribution in [0.1, 0.15) is 53.1 Å². The van der Waals surface area contributed by atoms with Crippen molar-refractivity contribution in [3.8, 4) is 11.8 Å². The van der Waals surface area contributed by atoms with E-state index in [4.69, 9.17) is 9.15 Å². The van der Waals surface area contributed by atoms with Crippen LogP contribution in [0.5, 0.6) is 5.75 Å². The van der Waals surface area contributed by atoms with Crippen molar-refractivity contribution in [2.24, 2.45) is 0 Å². The van der Waals surface area contributed by atoms with Crippen LogP contribution in [0.3, 0.4) is 0 Å². The van der Waals surface area contributed by atoms with Gasteiger partial charge >= 0.3 is 5.63 Å². The molecule has 0 unspecified atom stereocenters. The van der Waals surface area contributed by atoms with E-state index in [0.717, 1.165) is 36.1 Å². The number of ether oxygens (including phenoxy) is 1. The Bertz CT molecular complexity index is 1200.